The van der Waals surface area contributed by atoms with Crippen LogP contribution in [0.1, 0.15) is 35.5 Å². The molecule has 0 saturated heterocycles. The van der Waals surface area contributed by atoms with Gasteiger partial charge in [-0.3, -0.25) is 29.7 Å². The van der Waals surface area contributed by atoms with E-state index in [2.05, 4.69) is 25.8 Å². The van der Waals surface area contributed by atoms with Crippen molar-refractivity contribution >= 4 is 35.3 Å². The maximum atomic E-state index is 12.4. The second-order valence-corrected chi connectivity index (χ2v) is 9.88. The van der Waals surface area contributed by atoms with E-state index >= 15 is 0 Å². The van der Waals surface area contributed by atoms with Gasteiger partial charge in [-0.1, -0.05) is 11.8 Å². The average molecular weight is 582 g/mol. The number of aromatic nitrogens is 5. The van der Waals surface area contributed by atoms with E-state index < -0.39 is 9.85 Å². The maximum absolute atomic E-state index is 12.4. The zero-order valence-electron chi connectivity index (χ0n) is 22.7. The van der Waals surface area contributed by atoms with Crippen molar-refractivity contribution in [3.63, 3.8) is 0 Å². The highest BCUT2D eigenvalue weighted by atomic mass is 32.2. The van der Waals surface area contributed by atoms with Crippen LogP contribution in [0.5, 0.6) is 0 Å². The molecule has 0 atom stereocenters. The Morgan fingerprint density at radius 3 is 2.59 bits per heavy atom. The van der Waals surface area contributed by atoms with Gasteiger partial charge in [-0.15, -0.1) is 10.2 Å². The number of carbonyl (C=O) groups excluding carboxylic acids is 1. The Morgan fingerprint density at radius 2 is 1.93 bits per heavy atom. The molecule has 0 aliphatic rings. The molecule has 0 spiro atoms. The van der Waals surface area contributed by atoms with Crippen LogP contribution >= 0.6 is 11.8 Å². The Balaban J connectivity index is 1.30. The highest BCUT2D eigenvalue weighted by molar-refractivity contribution is 7.99. The summed E-state index contributed by atoms with van der Waals surface area (Å²) in [5.74, 6) is 1.29. The molecule has 16 heteroatoms. The summed E-state index contributed by atoms with van der Waals surface area (Å²) < 4.78 is 9.21. The molecular formula is C25H27N9O6S. The summed E-state index contributed by atoms with van der Waals surface area (Å²) >= 11 is 1.21. The SMILES string of the molecule is CCn1c(CCn2nc(C)c([N+](=O)[O-])c2C)nnc1SCC(=O)NN=Cc1ccc(-c2ccc([N+](=O)[O-])cc2C)o1. The van der Waals surface area contributed by atoms with Gasteiger partial charge in [-0.05, 0) is 51.5 Å². The van der Waals surface area contributed by atoms with Crippen LogP contribution in [-0.2, 0) is 24.3 Å². The molecule has 0 aliphatic heterocycles. The van der Waals surface area contributed by atoms with E-state index in [1.807, 2.05) is 11.5 Å². The summed E-state index contributed by atoms with van der Waals surface area (Å²) in [7, 11) is 0. The highest BCUT2D eigenvalue weighted by Gasteiger charge is 2.22. The molecule has 41 heavy (non-hydrogen) atoms. The Kier molecular flexibility index (Phi) is 8.91. The molecule has 214 valence electrons. The van der Waals surface area contributed by atoms with Gasteiger partial charge in [-0.25, -0.2) is 5.43 Å². The van der Waals surface area contributed by atoms with Crippen molar-refractivity contribution in [2.45, 2.75) is 52.4 Å². The zero-order chi connectivity index (χ0) is 29.7. The minimum Gasteiger partial charge on any atom is -0.455 e. The summed E-state index contributed by atoms with van der Waals surface area (Å²) in [6.45, 7) is 7.94. The minimum absolute atomic E-state index is 0.00117. The molecule has 1 N–H and O–H groups in total. The number of non-ortho nitro benzene ring substituents is 1. The van der Waals surface area contributed by atoms with Crippen LogP contribution in [0.15, 0.2) is 45.0 Å². The summed E-state index contributed by atoms with van der Waals surface area (Å²) in [4.78, 5) is 33.7. The Hall–Kier alpha value is -4.86. The number of hydrogen-bond donors (Lipinski definition) is 1. The molecule has 3 heterocycles. The topological polar surface area (TPSA) is 189 Å². The number of nitro benzene ring substituents is 1. The normalized spacial score (nSPS) is 11.3. The fraction of sp³-hybridized carbons (Fsp3) is 0.320. The molecule has 1 aromatic carbocycles. The van der Waals surface area contributed by atoms with Crippen molar-refractivity contribution in [1.82, 2.24) is 30.0 Å². The maximum Gasteiger partial charge on any atom is 0.312 e. The first-order valence-corrected chi connectivity index (χ1v) is 13.5. The Morgan fingerprint density at radius 1 is 1.15 bits per heavy atom. The standard InChI is InChI=1S/C25H27N9O6S/c1-5-31-22(10-11-32-17(4)24(34(38)39)16(3)30-32)27-29-25(31)41-14-23(35)28-26-13-19-7-9-21(40-19)20-8-6-18(33(36)37)12-15(20)2/h6-9,12-13H,5,10-11,14H2,1-4H3,(H,28,35). The molecule has 4 rings (SSSR count). The lowest BCUT2D eigenvalue weighted by Gasteiger charge is -2.08. The van der Waals surface area contributed by atoms with Crippen LogP contribution < -0.4 is 5.43 Å². The second kappa shape index (κ2) is 12.5. The van der Waals surface area contributed by atoms with E-state index in [0.717, 1.165) is 0 Å². The van der Waals surface area contributed by atoms with Crippen molar-refractivity contribution < 1.29 is 19.1 Å². The first-order chi connectivity index (χ1) is 19.6. The smallest absolute Gasteiger partial charge is 0.312 e. The van der Waals surface area contributed by atoms with Gasteiger partial charge in [0.2, 0.25) is 0 Å². The number of carbonyl (C=O) groups is 1. The molecule has 0 radical (unpaired) electrons. The number of aryl methyl sites for hydroxylation is 4. The van der Waals surface area contributed by atoms with Gasteiger partial charge < -0.3 is 8.98 Å². The lowest BCUT2D eigenvalue weighted by molar-refractivity contribution is -0.386. The van der Waals surface area contributed by atoms with Crippen molar-refractivity contribution in [3.8, 4) is 11.3 Å². The molecule has 0 bridgehead atoms. The zero-order valence-corrected chi connectivity index (χ0v) is 23.5. The quantitative estimate of drug-likeness (QED) is 0.111. The fourth-order valence-corrected chi connectivity index (χ4v) is 5.05. The molecule has 3 aromatic heterocycles. The number of hydrogen-bond acceptors (Lipinski definition) is 11. The number of furan rings is 1. The van der Waals surface area contributed by atoms with Crippen LogP contribution in [0.3, 0.4) is 0 Å². The van der Waals surface area contributed by atoms with Gasteiger partial charge >= 0.3 is 5.69 Å². The summed E-state index contributed by atoms with van der Waals surface area (Å²) in [5.41, 5.74) is 4.71. The number of benzene rings is 1. The number of nitro groups is 2. The molecule has 1 amide bonds. The van der Waals surface area contributed by atoms with E-state index in [9.17, 15) is 25.0 Å². The molecule has 0 aliphatic carbocycles. The first-order valence-electron chi connectivity index (χ1n) is 12.5. The van der Waals surface area contributed by atoms with Crippen molar-refractivity contribution in [1.29, 1.82) is 0 Å². The Bertz CT molecular complexity index is 1640. The van der Waals surface area contributed by atoms with E-state index in [1.54, 1.807) is 43.7 Å². The number of thioether (sulfide) groups is 1. The van der Waals surface area contributed by atoms with E-state index in [1.165, 1.54) is 30.1 Å². The largest absolute Gasteiger partial charge is 0.455 e. The van der Waals surface area contributed by atoms with Gasteiger partial charge in [-0.2, -0.15) is 10.2 Å². The summed E-state index contributed by atoms with van der Waals surface area (Å²) in [6, 6.07) is 7.90. The highest BCUT2D eigenvalue weighted by Crippen LogP contribution is 2.28. The molecule has 0 saturated carbocycles. The predicted molar refractivity (Wildman–Crippen MR) is 150 cm³/mol. The van der Waals surface area contributed by atoms with E-state index in [4.69, 9.17) is 4.42 Å². The third-order valence-corrected chi connectivity index (χ3v) is 7.18. The van der Waals surface area contributed by atoms with Gasteiger partial charge in [0.15, 0.2) is 5.16 Å². The summed E-state index contributed by atoms with van der Waals surface area (Å²) in [5, 5.41) is 39.4. The molecule has 15 nitrogen and oxygen atoms in total. The van der Waals surface area contributed by atoms with Crippen LogP contribution in [0.4, 0.5) is 11.4 Å². The van der Waals surface area contributed by atoms with Crippen LogP contribution in [0.2, 0.25) is 0 Å². The van der Waals surface area contributed by atoms with Crippen LogP contribution in [0, 0.1) is 41.0 Å². The van der Waals surface area contributed by atoms with Crippen LogP contribution in [-0.4, -0.2) is 52.3 Å². The third-order valence-electron chi connectivity index (χ3n) is 6.21. The summed E-state index contributed by atoms with van der Waals surface area (Å²) in [6.07, 6.45) is 1.82. The van der Waals surface area contributed by atoms with Gasteiger partial charge in [0.1, 0.15) is 28.7 Å². The molecule has 0 fully saturated rings. The first kappa shape index (κ1) is 29.1. The number of nitrogens with zero attached hydrogens (tertiary/aromatic N) is 8. The van der Waals surface area contributed by atoms with E-state index in [-0.39, 0.29) is 23.0 Å². The van der Waals surface area contributed by atoms with Gasteiger partial charge in [0.05, 0.1) is 21.8 Å². The molecular weight excluding hydrogens is 554 g/mol. The lowest BCUT2D eigenvalue weighted by atomic mass is 10.1. The van der Waals surface area contributed by atoms with Crippen LogP contribution in [0.25, 0.3) is 11.3 Å². The Labute approximate surface area is 237 Å². The van der Waals surface area contributed by atoms with Gasteiger partial charge in [0, 0.05) is 37.2 Å². The predicted octanol–water partition coefficient (Wildman–Crippen LogP) is 3.98. The van der Waals surface area contributed by atoms with Gasteiger partial charge in [0.25, 0.3) is 11.6 Å². The number of amides is 1. The second-order valence-electron chi connectivity index (χ2n) is 8.93. The third kappa shape index (κ3) is 6.66. The lowest BCUT2D eigenvalue weighted by Crippen LogP contribution is -2.20. The van der Waals surface area contributed by atoms with Crippen molar-refractivity contribution in [2.75, 3.05) is 5.75 Å². The fourth-order valence-electron chi connectivity index (χ4n) is 4.24. The number of hydrazone groups is 1. The monoisotopic (exact) mass is 581 g/mol. The average Bonchev–Trinajstić information content (AvgIpc) is 3.62. The minimum atomic E-state index is -0.454. The van der Waals surface area contributed by atoms with E-state index in [0.29, 0.717) is 64.5 Å². The van der Waals surface area contributed by atoms with Crippen molar-refractivity contribution in [3.05, 3.63) is 79.1 Å². The molecule has 4 aromatic rings. The molecule has 0 unspecified atom stereocenters. The van der Waals surface area contributed by atoms with Crippen molar-refractivity contribution in [2.24, 2.45) is 5.10 Å². The number of nitrogens with one attached hydrogen (secondary N) is 1. The number of rotatable bonds is 12.